The Morgan fingerprint density at radius 2 is 1.17 bits per heavy atom. The van der Waals surface area contributed by atoms with Gasteiger partial charge in [-0.2, -0.15) is 0 Å². The number of benzene rings is 1. The SMILES string of the molecule is Cc1cc(NCCN(CCN(CCNC(=O)OC(C)(C)C)C(=O)OC(C)(C)C)C(=O)OC(C)(C)C)c([N+](=O)[O-])cc1C. The molecule has 2 N–H and O–H groups in total. The maximum Gasteiger partial charge on any atom is 0.410 e. The molecule has 0 saturated carbocycles. The second kappa shape index (κ2) is 14.9. The maximum atomic E-state index is 13.1. The van der Waals surface area contributed by atoms with Crippen LogP contribution in [0.3, 0.4) is 0 Å². The normalized spacial score (nSPS) is 11.8. The number of carbonyl (C=O) groups excluding carboxylic acids is 3. The van der Waals surface area contributed by atoms with E-state index in [2.05, 4.69) is 10.6 Å². The van der Waals surface area contributed by atoms with E-state index in [0.29, 0.717) is 5.69 Å². The summed E-state index contributed by atoms with van der Waals surface area (Å²) in [6, 6.07) is 3.21. The quantitative estimate of drug-likeness (QED) is 0.188. The lowest BCUT2D eigenvalue weighted by Gasteiger charge is -2.31. The van der Waals surface area contributed by atoms with Crippen LogP contribution in [0.25, 0.3) is 0 Å². The standard InChI is InChI=1S/C29H49N5O8/c1-20-18-22(23(34(38)39)19-21(20)2)30-12-14-32(25(36)41-28(6,7)8)16-17-33(26(37)42-29(9,10)11)15-13-31-24(35)40-27(3,4)5/h18-19,30H,12-17H2,1-11H3,(H,31,35). The zero-order valence-electron chi connectivity index (χ0n) is 27.0. The van der Waals surface area contributed by atoms with Crippen molar-refractivity contribution in [3.63, 3.8) is 0 Å². The summed E-state index contributed by atoms with van der Waals surface area (Å²) in [6.45, 7) is 20.1. The third-order valence-corrected chi connectivity index (χ3v) is 5.50. The molecule has 1 rings (SSSR count). The molecule has 0 aromatic heterocycles. The van der Waals surface area contributed by atoms with Gasteiger partial charge < -0.3 is 34.6 Å². The Morgan fingerprint density at radius 1 is 0.738 bits per heavy atom. The summed E-state index contributed by atoms with van der Waals surface area (Å²) in [4.78, 5) is 52.1. The number of hydrogen-bond acceptors (Lipinski definition) is 9. The van der Waals surface area contributed by atoms with Gasteiger partial charge in [0.25, 0.3) is 5.69 Å². The van der Waals surface area contributed by atoms with Crippen LogP contribution in [0.5, 0.6) is 0 Å². The van der Waals surface area contributed by atoms with Crippen LogP contribution in [0, 0.1) is 24.0 Å². The summed E-state index contributed by atoms with van der Waals surface area (Å²) in [5.74, 6) is 0. The first-order valence-corrected chi connectivity index (χ1v) is 14.0. The first kappa shape index (κ1) is 36.3. The largest absolute Gasteiger partial charge is 0.444 e. The number of ether oxygens (including phenoxy) is 3. The smallest absolute Gasteiger partial charge is 0.410 e. The van der Waals surface area contributed by atoms with Crippen molar-refractivity contribution in [3.05, 3.63) is 33.4 Å². The van der Waals surface area contributed by atoms with Crippen LogP contribution < -0.4 is 10.6 Å². The predicted molar refractivity (Wildman–Crippen MR) is 161 cm³/mol. The van der Waals surface area contributed by atoms with Gasteiger partial charge in [0, 0.05) is 45.3 Å². The molecule has 0 aliphatic heterocycles. The summed E-state index contributed by atoms with van der Waals surface area (Å²) in [7, 11) is 0. The molecule has 1 aromatic rings. The van der Waals surface area contributed by atoms with Crippen molar-refractivity contribution in [1.29, 1.82) is 0 Å². The van der Waals surface area contributed by atoms with E-state index in [1.807, 2.05) is 6.92 Å². The molecule has 13 nitrogen and oxygen atoms in total. The zero-order chi connectivity index (χ0) is 32.5. The zero-order valence-corrected chi connectivity index (χ0v) is 27.0. The number of amides is 3. The molecule has 0 heterocycles. The van der Waals surface area contributed by atoms with Gasteiger partial charge in [0.1, 0.15) is 22.5 Å². The van der Waals surface area contributed by atoms with Gasteiger partial charge in [-0.05, 0) is 93.4 Å². The molecule has 13 heteroatoms. The van der Waals surface area contributed by atoms with Gasteiger partial charge in [0.05, 0.1) is 4.92 Å². The van der Waals surface area contributed by atoms with E-state index in [9.17, 15) is 24.5 Å². The van der Waals surface area contributed by atoms with Crippen LogP contribution >= 0.6 is 0 Å². The van der Waals surface area contributed by atoms with E-state index >= 15 is 0 Å². The van der Waals surface area contributed by atoms with Crippen molar-refractivity contribution >= 4 is 29.7 Å². The lowest BCUT2D eigenvalue weighted by molar-refractivity contribution is -0.384. The molecule has 0 unspecified atom stereocenters. The molecule has 0 spiro atoms. The van der Waals surface area contributed by atoms with Gasteiger partial charge in [-0.3, -0.25) is 10.1 Å². The van der Waals surface area contributed by atoms with Gasteiger partial charge in [0.15, 0.2) is 0 Å². The number of rotatable bonds is 11. The van der Waals surface area contributed by atoms with E-state index < -0.39 is 40.0 Å². The van der Waals surface area contributed by atoms with E-state index in [1.165, 1.54) is 15.9 Å². The Labute approximate surface area is 249 Å². The fraction of sp³-hybridized carbons (Fsp3) is 0.690. The number of alkyl carbamates (subject to hydrolysis) is 1. The van der Waals surface area contributed by atoms with Crippen LogP contribution in [-0.2, 0) is 14.2 Å². The molecule has 0 aliphatic carbocycles. The fourth-order valence-electron chi connectivity index (χ4n) is 3.51. The van der Waals surface area contributed by atoms with Crippen LogP contribution in [0.4, 0.5) is 25.8 Å². The molecular weight excluding hydrogens is 546 g/mol. The Balaban J connectivity index is 3.05. The number of hydrogen-bond donors (Lipinski definition) is 2. The average Bonchev–Trinajstić information content (AvgIpc) is 2.78. The molecule has 42 heavy (non-hydrogen) atoms. The number of nitro groups is 1. The molecule has 0 aliphatic rings. The first-order chi connectivity index (χ1) is 19.1. The first-order valence-electron chi connectivity index (χ1n) is 14.0. The second-order valence-electron chi connectivity index (χ2n) is 13.0. The number of nitrogens with zero attached hydrogens (tertiary/aromatic N) is 3. The van der Waals surface area contributed by atoms with Gasteiger partial charge in [-0.1, -0.05) is 0 Å². The molecular formula is C29H49N5O8. The average molecular weight is 596 g/mol. The molecule has 0 saturated heterocycles. The summed E-state index contributed by atoms with van der Waals surface area (Å²) < 4.78 is 16.4. The minimum atomic E-state index is -0.766. The molecule has 1 aromatic carbocycles. The molecule has 0 radical (unpaired) electrons. The Bertz CT molecular complexity index is 1100. The van der Waals surface area contributed by atoms with Crippen LogP contribution in [0.2, 0.25) is 0 Å². The van der Waals surface area contributed by atoms with E-state index in [0.717, 1.165) is 11.1 Å². The Hall–Kier alpha value is -3.77. The maximum absolute atomic E-state index is 13.1. The van der Waals surface area contributed by atoms with Crippen LogP contribution in [-0.4, -0.2) is 89.1 Å². The molecule has 0 atom stereocenters. The highest BCUT2D eigenvalue weighted by atomic mass is 16.6. The highest BCUT2D eigenvalue weighted by molar-refractivity contribution is 5.70. The van der Waals surface area contributed by atoms with Crippen molar-refractivity contribution in [2.75, 3.05) is 44.6 Å². The summed E-state index contributed by atoms with van der Waals surface area (Å²) in [6.07, 6.45) is -1.83. The van der Waals surface area contributed by atoms with E-state index in [1.54, 1.807) is 75.3 Å². The topological polar surface area (TPSA) is 153 Å². The monoisotopic (exact) mass is 595 g/mol. The third kappa shape index (κ3) is 14.2. The van der Waals surface area contributed by atoms with Crippen molar-refractivity contribution in [1.82, 2.24) is 15.1 Å². The van der Waals surface area contributed by atoms with Crippen molar-refractivity contribution < 1.29 is 33.5 Å². The Kier molecular flexibility index (Phi) is 12.9. The predicted octanol–water partition coefficient (Wildman–Crippen LogP) is 5.62. The van der Waals surface area contributed by atoms with Crippen molar-refractivity contribution in [3.8, 4) is 0 Å². The van der Waals surface area contributed by atoms with Gasteiger partial charge in [-0.25, -0.2) is 14.4 Å². The summed E-state index contributed by atoms with van der Waals surface area (Å²) in [5, 5.41) is 17.3. The minimum Gasteiger partial charge on any atom is -0.444 e. The summed E-state index contributed by atoms with van der Waals surface area (Å²) in [5.41, 5.74) is -0.229. The molecule has 0 fully saturated rings. The number of anilines is 1. The lowest BCUT2D eigenvalue weighted by Crippen LogP contribution is -2.47. The number of nitro benzene ring substituents is 1. The van der Waals surface area contributed by atoms with Gasteiger partial charge in [-0.15, -0.1) is 0 Å². The highest BCUT2D eigenvalue weighted by Gasteiger charge is 2.27. The van der Waals surface area contributed by atoms with Gasteiger partial charge >= 0.3 is 18.3 Å². The number of aryl methyl sites for hydroxylation is 2. The van der Waals surface area contributed by atoms with Crippen LogP contribution in [0.15, 0.2) is 12.1 Å². The fourth-order valence-corrected chi connectivity index (χ4v) is 3.51. The summed E-state index contributed by atoms with van der Waals surface area (Å²) >= 11 is 0. The molecule has 238 valence electrons. The second-order valence-corrected chi connectivity index (χ2v) is 13.0. The highest BCUT2D eigenvalue weighted by Crippen LogP contribution is 2.27. The van der Waals surface area contributed by atoms with E-state index in [4.69, 9.17) is 14.2 Å². The van der Waals surface area contributed by atoms with Crippen LogP contribution in [0.1, 0.15) is 73.4 Å². The Morgan fingerprint density at radius 3 is 1.60 bits per heavy atom. The number of carbonyl (C=O) groups is 3. The minimum absolute atomic E-state index is 0.0597. The lowest BCUT2D eigenvalue weighted by atomic mass is 10.1. The van der Waals surface area contributed by atoms with E-state index in [-0.39, 0.29) is 45.0 Å². The van der Waals surface area contributed by atoms with Crippen molar-refractivity contribution in [2.24, 2.45) is 0 Å². The van der Waals surface area contributed by atoms with Gasteiger partial charge in [0.2, 0.25) is 0 Å². The van der Waals surface area contributed by atoms with Crippen molar-refractivity contribution in [2.45, 2.75) is 93.0 Å². The molecule has 0 bridgehead atoms. The number of nitrogens with one attached hydrogen (secondary N) is 2. The molecule has 3 amide bonds. The third-order valence-electron chi connectivity index (χ3n) is 5.50.